The van der Waals surface area contributed by atoms with Crippen LogP contribution in [-0.2, 0) is 16.0 Å². The monoisotopic (exact) mass is 475 g/mol. The van der Waals surface area contributed by atoms with Crippen molar-refractivity contribution in [2.45, 2.75) is 58.5 Å². The number of anilines is 1. The third-order valence-corrected chi connectivity index (χ3v) is 8.58. The van der Waals surface area contributed by atoms with E-state index in [9.17, 15) is 14.7 Å². The van der Waals surface area contributed by atoms with Crippen molar-refractivity contribution in [3.63, 3.8) is 0 Å². The second kappa shape index (κ2) is 10.1. The van der Waals surface area contributed by atoms with Crippen molar-refractivity contribution in [3.05, 3.63) is 10.6 Å². The molecule has 2 amide bonds. The van der Waals surface area contributed by atoms with E-state index in [2.05, 4.69) is 25.2 Å². The van der Waals surface area contributed by atoms with E-state index in [-0.39, 0.29) is 40.9 Å². The summed E-state index contributed by atoms with van der Waals surface area (Å²) in [6, 6.07) is 2.08. The van der Waals surface area contributed by atoms with Crippen LogP contribution in [0, 0.1) is 34.5 Å². The summed E-state index contributed by atoms with van der Waals surface area (Å²) in [5.41, 5.74) is 0.891. The molecule has 2 aliphatic carbocycles. The highest BCUT2D eigenvalue weighted by Gasteiger charge is 2.54. The first kappa shape index (κ1) is 25.6. The molecule has 6 atom stereocenters. The highest BCUT2D eigenvalue weighted by Crippen LogP contribution is 2.57. The van der Waals surface area contributed by atoms with Crippen molar-refractivity contribution in [1.82, 2.24) is 14.8 Å². The van der Waals surface area contributed by atoms with Gasteiger partial charge in [0.1, 0.15) is 0 Å². The molecule has 9 heteroatoms. The predicted octanol–water partition coefficient (Wildman–Crippen LogP) is 2.70. The van der Waals surface area contributed by atoms with Gasteiger partial charge in [0, 0.05) is 30.3 Å². The number of rotatable bonds is 7. The van der Waals surface area contributed by atoms with Crippen LogP contribution < -0.4 is 5.32 Å². The molecule has 1 heterocycles. The maximum atomic E-state index is 12.9. The van der Waals surface area contributed by atoms with E-state index < -0.39 is 6.10 Å². The molecular weight excluding hydrogens is 438 g/mol. The maximum Gasteiger partial charge on any atom is 0.240 e. The first-order valence-electron chi connectivity index (χ1n) is 11.7. The molecule has 1 fully saturated rings. The van der Waals surface area contributed by atoms with Crippen LogP contribution in [-0.4, -0.2) is 72.0 Å². The van der Waals surface area contributed by atoms with Crippen LogP contribution in [0.2, 0.25) is 0 Å². The number of aromatic nitrogens is 1. The minimum atomic E-state index is -0.608. The maximum absolute atomic E-state index is 12.9. The summed E-state index contributed by atoms with van der Waals surface area (Å²) in [6.07, 6.45) is 2.25. The number of amides is 2. The number of hydrogen-bond acceptors (Lipinski definition) is 7. The molecule has 0 saturated heterocycles. The predicted molar refractivity (Wildman–Crippen MR) is 129 cm³/mol. The first-order valence-corrected chi connectivity index (χ1v) is 12.5. The van der Waals surface area contributed by atoms with Gasteiger partial charge in [0.05, 0.1) is 30.8 Å². The third kappa shape index (κ3) is 5.23. The number of carbonyl (C=O) groups is 2. The largest absolute Gasteiger partial charge is 0.392 e. The van der Waals surface area contributed by atoms with Gasteiger partial charge in [-0.2, -0.15) is 5.26 Å². The van der Waals surface area contributed by atoms with Crippen molar-refractivity contribution in [2.24, 2.45) is 23.2 Å². The summed E-state index contributed by atoms with van der Waals surface area (Å²) < 4.78 is 0. The number of thiazole rings is 1. The van der Waals surface area contributed by atoms with Crippen LogP contribution in [0.25, 0.3) is 0 Å². The van der Waals surface area contributed by atoms with E-state index in [1.54, 1.807) is 23.3 Å². The zero-order chi connectivity index (χ0) is 24.5. The molecule has 1 aromatic heterocycles. The Bertz CT molecular complexity index is 926. The van der Waals surface area contributed by atoms with Crippen LogP contribution in [0.5, 0.6) is 0 Å². The quantitative estimate of drug-likeness (QED) is 0.628. The Balaban J connectivity index is 1.78. The lowest BCUT2D eigenvalue weighted by Gasteiger charge is -2.53. The van der Waals surface area contributed by atoms with E-state index in [0.717, 1.165) is 25.0 Å². The van der Waals surface area contributed by atoms with E-state index >= 15 is 0 Å². The van der Waals surface area contributed by atoms with E-state index in [0.29, 0.717) is 24.6 Å². The van der Waals surface area contributed by atoms with Crippen LogP contribution in [0.4, 0.5) is 5.13 Å². The summed E-state index contributed by atoms with van der Waals surface area (Å²) in [4.78, 5) is 34.5. The van der Waals surface area contributed by atoms with Gasteiger partial charge < -0.3 is 20.2 Å². The van der Waals surface area contributed by atoms with Gasteiger partial charge in [0.2, 0.25) is 11.8 Å². The first-order chi connectivity index (χ1) is 15.5. The van der Waals surface area contributed by atoms with Gasteiger partial charge in [-0.1, -0.05) is 20.8 Å². The van der Waals surface area contributed by atoms with Crippen molar-refractivity contribution in [1.29, 1.82) is 5.26 Å². The molecule has 2 N–H and O–H groups in total. The molecule has 33 heavy (non-hydrogen) atoms. The van der Waals surface area contributed by atoms with Gasteiger partial charge in [-0.25, -0.2) is 4.98 Å². The summed E-state index contributed by atoms with van der Waals surface area (Å²) in [7, 11) is 5.43. The molecule has 0 bridgehead atoms. The minimum absolute atomic E-state index is 0.00385. The lowest BCUT2D eigenvalue weighted by Crippen LogP contribution is -2.53. The Morgan fingerprint density at radius 3 is 2.73 bits per heavy atom. The summed E-state index contributed by atoms with van der Waals surface area (Å²) in [5.74, 6) is -0.501. The van der Waals surface area contributed by atoms with Gasteiger partial charge in [-0.15, -0.1) is 11.3 Å². The fourth-order valence-corrected chi connectivity index (χ4v) is 7.18. The number of nitriles is 1. The average molecular weight is 476 g/mol. The topological polar surface area (TPSA) is 110 Å². The molecule has 182 valence electrons. The molecular formula is C24H37N5O3S. The van der Waals surface area contributed by atoms with E-state index in [1.807, 2.05) is 25.9 Å². The standard InChI is InChI=1S/C24H37N5O3S/c1-14(22(32)29(6)11-7-10-25)16-8-9-24(3)12-17-20(15(2)19(24)21(16)31)27-23(33-17)26-18(30)13-28(4)5/h14-16,19,21,31H,7-9,11-13H2,1-6H3,(H,26,27,30)/t14-,15+,16-,19+,21-,24+/m0/s1. The Labute approximate surface area is 201 Å². The highest BCUT2D eigenvalue weighted by atomic mass is 32.1. The number of aliphatic hydroxyl groups excluding tert-OH is 1. The highest BCUT2D eigenvalue weighted by molar-refractivity contribution is 7.15. The Morgan fingerprint density at radius 2 is 2.09 bits per heavy atom. The van der Waals surface area contributed by atoms with Crippen LogP contribution in [0.15, 0.2) is 0 Å². The number of aliphatic hydroxyl groups is 1. The average Bonchev–Trinajstić information content (AvgIpc) is 3.12. The number of carbonyl (C=O) groups excluding carboxylic acids is 2. The van der Waals surface area contributed by atoms with Crippen LogP contribution in [0.3, 0.4) is 0 Å². The fourth-order valence-electron chi connectivity index (χ4n) is 5.90. The minimum Gasteiger partial charge on any atom is -0.392 e. The molecule has 0 spiro atoms. The van der Waals surface area contributed by atoms with Gasteiger partial charge in [0.25, 0.3) is 0 Å². The summed E-state index contributed by atoms with van der Waals surface area (Å²) in [5, 5.41) is 23.9. The number of fused-ring (bicyclic) bond motifs is 2. The smallest absolute Gasteiger partial charge is 0.240 e. The molecule has 3 rings (SSSR count). The summed E-state index contributed by atoms with van der Waals surface area (Å²) in [6.45, 7) is 6.97. The molecule has 1 saturated carbocycles. The summed E-state index contributed by atoms with van der Waals surface area (Å²) >= 11 is 1.54. The van der Waals surface area contributed by atoms with Gasteiger partial charge >= 0.3 is 0 Å². The van der Waals surface area contributed by atoms with Crippen molar-refractivity contribution in [3.8, 4) is 6.07 Å². The van der Waals surface area contributed by atoms with Crippen molar-refractivity contribution >= 4 is 28.3 Å². The third-order valence-electron chi connectivity index (χ3n) is 7.60. The van der Waals surface area contributed by atoms with E-state index in [4.69, 9.17) is 10.2 Å². The number of nitrogens with one attached hydrogen (secondary N) is 1. The molecule has 0 aromatic carbocycles. The number of likely N-dealkylation sites (N-methyl/N-ethyl adjacent to an activating group) is 1. The van der Waals surface area contributed by atoms with Gasteiger partial charge in [-0.3, -0.25) is 9.59 Å². The normalized spacial score (nSPS) is 29.5. The fraction of sp³-hybridized carbons (Fsp3) is 0.750. The molecule has 1 aromatic rings. The Kier molecular flexibility index (Phi) is 7.82. The van der Waals surface area contributed by atoms with Crippen LogP contribution >= 0.6 is 11.3 Å². The van der Waals surface area contributed by atoms with E-state index in [1.165, 1.54) is 4.88 Å². The Hall–Kier alpha value is -2.02. The lowest BCUT2D eigenvalue weighted by molar-refractivity contribution is -0.143. The Morgan fingerprint density at radius 1 is 1.39 bits per heavy atom. The molecule has 0 aliphatic heterocycles. The molecule has 8 nitrogen and oxygen atoms in total. The second-order valence-corrected chi connectivity index (χ2v) is 11.5. The molecule has 2 aliphatic rings. The zero-order valence-corrected chi connectivity index (χ0v) is 21.4. The zero-order valence-electron chi connectivity index (χ0n) is 20.6. The lowest BCUT2D eigenvalue weighted by atomic mass is 9.53. The number of nitrogens with zero attached hydrogens (tertiary/aromatic N) is 4. The van der Waals surface area contributed by atoms with Crippen molar-refractivity contribution in [2.75, 3.05) is 39.5 Å². The second-order valence-electron chi connectivity index (χ2n) is 10.4. The van der Waals surface area contributed by atoms with Crippen LogP contribution in [0.1, 0.15) is 56.5 Å². The van der Waals surface area contributed by atoms with Gasteiger partial charge in [0.15, 0.2) is 5.13 Å². The molecule has 0 unspecified atom stereocenters. The van der Waals surface area contributed by atoms with Crippen molar-refractivity contribution < 1.29 is 14.7 Å². The molecule has 0 radical (unpaired) electrons. The SMILES string of the molecule is C[C@H](C(=O)N(C)CCC#N)[C@@H]1CC[C@]2(C)Cc3sc(NC(=O)CN(C)C)nc3[C@H](C)[C@@H]2[C@H]1O. The number of hydrogen-bond donors (Lipinski definition) is 2. The van der Waals surface area contributed by atoms with Gasteiger partial charge in [-0.05, 0) is 50.6 Å².